The van der Waals surface area contributed by atoms with Crippen molar-refractivity contribution in [3.05, 3.63) is 18.2 Å². The second kappa shape index (κ2) is 5.20. The Hall–Kier alpha value is -1.85. The summed E-state index contributed by atoms with van der Waals surface area (Å²) in [6.45, 7) is 6.67. The SMILES string of the molecule is Cc1nccn1[C@H](C)CC(=O)NC(C)(C)C(=O)O. The van der Waals surface area contributed by atoms with Crippen molar-refractivity contribution >= 4 is 11.9 Å². The van der Waals surface area contributed by atoms with Crippen LogP contribution in [0.4, 0.5) is 0 Å². The largest absolute Gasteiger partial charge is 0.480 e. The third-order valence-electron chi connectivity index (χ3n) is 2.80. The predicted molar refractivity (Wildman–Crippen MR) is 66.1 cm³/mol. The molecule has 1 aromatic rings. The van der Waals surface area contributed by atoms with Gasteiger partial charge in [0.15, 0.2) is 0 Å². The van der Waals surface area contributed by atoms with Crippen molar-refractivity contribution in [2.24, 2.45) is 0 Å². The number of aryl methyl sites for hydroxylation is 1. The fourth-order valence-corrected chi connectivity index (χ4v) is 1.67. The minimum atomic E-state index is -1.25. The quantitative estimate of drug-likeness (QED) is 0.823. The number of carbonyl (C=O) groups is 2. The van der Waals surface area contributed by atoms with E-state index in [1.54, 1.807) is 12.4 Å². The molecule has 0 radical (unpaired) electrons. The van der Waals surface area contributed by atoms with Crippen molar-refractivity contribution in [3.63, 3.8) is 0 Å². The second-order valence-electron chi connectivity index (χ2n) is 4.91. The molecule has 0 saturated carbocycles. The summed E-state index contributed by atoms with van der Waals surface area (Å²) in [5.41, 5.74) is -1.25. The summed E-state index contributed by atoms with van der Waals surface area (Å²) in [6.07, 6.45) is 3.69. The van der Waals surface area contributed by atoms with E-state index in [4.69, 9.17) is 5.11 Å². The van der Waals surface area contributed by atoms with Gasteiger partial charge in [-0.1, -0.05) is 0 Å². The average Bonchev–Trinajstić information content (AvgIpc) is 2.62. The molecule has 0 saturated heterocycles. The Kier molecular flexibility index (Phi) is 4.11. The van der Waals surface area contributed by atoms with Crippen molar-refractivity contribution in [2.75, 3.05) is 0 Å². The monoisotopic (exact) mass is 253 g/mol. The van der Waals surface area contributed by atoms with E-state index in [0.717, 1.165) is 5.82 Å². The van der Waals surface area contributed by atoms with Gasteiger partial charge in [-0.3, -0.25) is 4.79 Å². The first-order chi connectivity index (χ1) is 8.24. The van der Waals surface area contributed by atoms with Crippen molar-refractivity contribution in [1.29, 1.82) is 0 Å². The van der Waals surface area contributed by atoms with E-state index >= 15 is 0 Å². The zero-order valence-corrected chi connectivity index (χ0v) is 11.1. The van der Waals surface area contributed by atoms with Crippen molar-refractivity contribution in [1.82, 2.24) is 14.9 Å². The summed E-state index contributed by atoms with van der Waals surface area (Å²) in [4.78, 5) is 26.8. The molecule has 2 N–H and O–H groups in total. The topological polar surface area (TPSA) is 84.2 Å². The zero-order chi connectivity index (χ0) is 13.9. The molecule has 1 aromatic heterocycles. The summed E-state index contributed by atoms with van der Waals surface area (Å²) in [5, 5.41) is 11.4. The highest BCUT2D eigenvalue weighted by Gasteiger charge is 2.29. The van der Waals surface area contributed by atoms with Crippen LogP contribution in [-0.2, 0) is 9.59 Å². The van der Waals surface area contributed by atoms with Crippen LogP contribution in [0.5, 0.6) is 0 Å². The van der Waals surface area contributed by atoms with Gasteiger partial charge >= 0.3 is 5.97 Å². The van der Waals surface area contributed by atoms with E-state index in [2.05, 4.69) is 10.3 Å². The molecule has 1 rings (SSSR count). The first kappa shape index (κ1) is 14.2. The van der Waals surface area contributed by atoms with E-state index in [-0.39, 0.29) is 18.4 Å². The Labute approximate surface area is 106 Å². The Balaban J connectivity index is 2.61. The second-order valence-corrected chi connectivity index (χ2v) is 4.91. The molecule has 0 aliphatic rings. The summed E-state index contributed by atoms with van der Waals surface area (Å²) in [5.74, 6) is -0.516. The molecule has 1 atom stereocenters. The molecule has 0 aliphatic carbocycles. The van der Waals surface area contributed by atoms with E-state index < -0.39 is 11.5 Å². The molecule has 0 aromatic carbocycles. The van der Waals surface area contributed by atoms with Crippen LogP contribution in [0.15, 0.2) is 12.4 Å². The Morgan fingerprint density at radius 1 is 1.56 bits per heavy atom. The molecule has 1 heterocycles. The van der Waals surface area contributed by atoms with E-state index in [9.17, 15) is 9.59 Å². The molecule has 6 heteroatoms. The molecule has 6 nitrogen and oxygen atoms in total. The number of carbonyl (C=O) groups excluding carboxylic acids is 1. The Morgan fingerprint density at radius 2 is 2.17 bits per heavy atom. The maximum Gasteiger partial charge on any atom is 0.328 e. The highest BCUT2D eigenvalue weighted by atomic mass is 16.4. The molecular formula is C12H19N3O3. The highest BCUT2D eigenvalue weighted by Crippen LogP contribution is 2.13. The number of amides is 1. The lowest BCUT2D eigenvalue weighted by Gasteiger charge is -2.22. The molecule has 18 heavy (non-hydrogen) atoms. The molecule has 100 valence electrons. The lowest BCUT2D eigenvalue weighted by Crippen LogP contribution is -2.50. The Bertz CT molecular complexity index is 451. The van der Waals surface area contributed by atoms with E-state index in [1.807, 2.05) is 18.4 Å². The molecule has 0 unspecified atom stereocenters. The first-order valence-corrected chi connectivity index (χ1v) is 5.78. The molecule has 1 amide bonds. The minimum absolute atomic E-state index is 0.0582. The molecule has 0 aliphatic heterocycles. The van der Waals surface area contributed by atoms with Crippen LogP contribution in [0, 0.1) is 6.92 Å². The van der Waals surface area contributed by atoms with Crippen LogP contribution < -0.4 is 5.32 Å². The lowest BCUT2D eigenvalue weighted by molar-refractivity contribution is -0.146. The number of nitrogens with one attached hydrogen (secondary N) is 1. The van der Waals surface area contributed by atoms with Gasteiger partial charge in [-0.2, -0.15) is 0 Å². The van der Waals surface area contributed by atoms with Crippen molar-refractivity contribution < 1.29 is 14.7 Å². The molecule has 0 bridgehead atoms. The normalized spacial score (nSPS) is 13.1. The number of carboxylic acids is 1. The van der Waals surface area contributed by atoms with Gasteiger partial charge in [0.2, 0.25) is 5.91 Å². The summed E-state index contributed by atoms with van der Waals surface area (Å²) in [7, 11) is 0. The van der Waals surface area contributed by atoms with Crippen molar-refractivity contribution in [2.45, 2.75) is 45.7 Å². The predicted octanol–water partition coefficient (Wildman–Crippen LogP) is 1.12. The third-order valence-corrected chi connectivity index (χ3v) is 2.80. The number of rotatable bonds is 5. The zero-order valence-electron chi connectivity index (χ0n) is 11.1. The summed E-state index contributed by atoms with van der Waals surface area (Å²) in [6, 6.07) is -0.0582. The van der Waals surface area contributed by atoms with E-state index in [1.165, 1.54) is 13.8 Å². The molecule has 0 fully saturated rings. The summed E-state index contributed by atoms with van der Waals surface area (Å²) < 4.78 is 1.88. The molecular weight excluding hydrogens is 234 g/mol. The maximum absolute atomic E-state index is 11.8. The van der Waals surface area contributed by atoms with Gasteiger partial charge in [0.1, 0.15) is 11.4 Å². The van der Waals surface area contributed by atoms with Crippen LogP contribution >= 0.6 is 0 Å². The number of nitrogens with zero attached hydrogens (tertiary/aromatic N) is 2. The number of hydrogen-bond acceptors (Lipinski definition) is 3. The Morgan fingerprint density at radius 3 is 2.61 bits per heavy atom. The van der Waals surface area contributed by atoms with Gasteiger partial charge in [-0.25, -0.2) is 9.78 Å². The fourth-order valence-electron chi connectivity index (χ4n) is 1.67. The minimum Gasteiger partial charge on any atom is -0.480 e. The van der Waals surface area contributed by atoms with Crippen LogP contribution in [-0.4, -0.2) is 32.1 Å². The van der Waals surface area contributed by atoms with Gasteiger partial charge in [-0.15, -0.1) is 0 Å². The van der Waals surface area contributed by atoms with Gasteiger partial charge in [0.05, 0.1) is 0 Å². The number of imidazole rings is 1. The van der Waals surface area contributed by atoms with Crippen LogP contribution in [0.3, 0.4) is 0 Å². The van der Waals surface area contributed by atoms with Crippen LogP contribution in [0.2, 0.25) is 0 Å². The van der Waals surface area contributed by atoms with Gasteiger partial charge in [0, 0.05) is 24.9 Å². The summed E-state index contributed by atoms with van der Waals surface area (Å²) >= 11 is 0. The standard InChI is InChI=1S/C12H19N3O3/c1-8(15-6-5-13-9(15)2)7-10(16)14-12(3,4)11(17)18/h5-6,8H,7H2,1-4H3,(H,14,16)(H,17,18)/t8-/m1/s1. The first-order valence-electron chi connectivity index (χ1n) is 5.78. The van der Waals surface area contributed by atoms with Crippen molar-refractivity contribution in [3.8, 4) is 0 Å². The highest BCUT2D eigenvalue weighted by molar-refractivity contribution is 5.86. The maximum atomic E-state index is 11.8. The van der Waals surface area contributed by atoms with Gasteiger partial charge < -0.3 is 15.0 Å². The van der Waals surface area contributed by atoms with Gasteiger partial charge in [0.25, 0.3) is 0 Å². The van der Waals surface area contributed by atoms with Crippen LogP contribution in [0.25, 0.3) is 0 Å². The van der Waals surface area contributed by atoms with Crippen LogP contribution in [0.1, 0.15) is 39.1 Å². The lowest BCUT2D eigenvalue weighted by atomic mass is 10.1. The third kappa shape index (κ3) is 3.32. The number of aromatic nitrogens is 2. The number of hydrogen-bond donors (Lipinski definition) is 2. The number of aliphatic carboxylic acids is 1. The fraction of sp³-hybridized carbons (Fsp3) is 0.583. The van der Waals surface area contributed by atoms with Gasteiger partial charge in [-0.05, 0) is 27.7 Å². The average molecular weight is 253 g/mol. The smallest absolute Gasteiger partial charge is 0.328 e. The van der Waals surface area contributed by atoms with E-state index in [0.29, 0.717) is 0 Å². The number of carboxylic acid groups (broad SMARTS) is 1. The molecule has 0 spiro atoms.